The van der Waals surface area contributed by atoms with Crippen LogP contribution in [0.25, 0.3) is 4.96 Å². The van der Waals surface area contributed by atoms with E-state index >= 15 is 0 Å². The third-order valence-electron chi connectivity index (χ3n) is 3.47. The molecule has 0 unspecified atom stereocenters. The van der Waals surface area contributed by atoms with Crippen LogP contribution >= 0.6 is 23.1 Å². The van der Waals surface area contributed by atoms with Gasteiger partial charge in [0.1, 0.15) is 5.75 Å². The van der Waals surface area contributed by atoms with E-state index in [1.807, 2.05) is 30.5 Å². The number of aromatic nitrogens is 2. The minimum absolute atomic E-state index is 0.101. The number of carbonyl (C=O) groups is 1. The Kier molecular flexibility index (Phi) is 5.40. The van der Waals surface area contributed by atoms with Crippen molar-refractivity contribution in [3.63, 3.8) is 0 Å². The van der Waals surface area contributed by atoms with Gasteiger partial charge in [-0.2, -0.15) is 0 Å². The molecule has 3 rings (SSSR count). The molecular formula is C17H17N3O3S2. The molecule has 0 saturated heterocycles. The fraction of sp³-hybridized carbons (Fsp3) is 0.235. The Bertz CT molecular complexity index is 965. The number of aryl methyl sites for hydroxylation is 1. The van der Waals surface area contributed by atoms with Crippen LogP contribution in [0.5, 0.6) is 5.75 Å². The van der Waals surface area contributed by atoms with E-state index in [0.717, 1.165) is 5.56 Å². The predicted molar refractivity (Wildman–Crippen MR) is 102 cm³/mol. The van der Waals surface area contributed by atoms with Gasteiger partial charge in [-0.05, 0) is 24.6 Å². The number of ether oxygens (including phenoxy) is 1. The molecule has 3 aromatic rings. The number of nitrogens with one attached hydrogen (secondary N) is 1. The number of benzene rings is 1. The van der Waals surface area contributed by atoms with Crippen LogP contribution in [0.2, 0.25) is 0 Å². The highest BCUT2D eigenvalue weighted by Crippen LogP contribution is 2.25. The van der Waals surface area contributed by atoms with Crippen LogP contribution in [0.4, 0.5) is 5.69 Å². The first kappa shape index (κ1) is 17.5. The van der Waals surface area contributed by atoms with Crippen LogP contribution in [0.3, 0.4) is 0 Å². The van der Waals surface area contributed by atoms with E-state index < -0.39 is 0 Å². The number of rotatable bonds is 6. The van der Waals surface area contributed by atoms with E-state index in [1.54, 1.807) is 13.3 Å². The maximum absolute atomic E-state index is 12.1. The van der Waals surface area contributed by atoms with Gasteiger partial charge in [-0.1, -0.05) is 6.07 Å². The number of amides is 1. The molecule has 0 radical (unpaired) electrons. The third-order valence-corrected chi connectivity index (χ3v) is 5.19. The van der Waals surface area contributed by atoms with E-state index in [2.05, 4.69) is 10.3 Å². The average molecular weight is 375 g/mol. The van der Waals surface area contributed by atoms with Crippen molar-refractivity contribution in [2.24, 2.45) is 0 Å². The molecule has 0 saturated carbocycles. The maximum atomic E-state index is 12.1. The second kappa shape index (κ2) is 7.71. The first-order valence-corrected chi connectivity index (χ1v) is 9.58. The second-order valence-electron chi connectivity index (χ2n) is 5.39. The summed E-state index contributed by atoms with van der Waals surface area (Å²) in [4.78, 5) is 29.2. The number of nitrogens with zero attached hydrogens (tertiary/aromatic N) is 2. The number of carbonyl (C=O) groups excluding carboxylic acids is 1. The van der Waals surface area contributed by atoms with Gasteiger partial charge >= 0.3 is 0 Å². The molecule has 25 heavy (non-hydrogen) atoms. The van der Waals surface area contributed by atoms with Gasteiger partial charge in [0, 0.05) is 23.4 Å². The highest BCUT2D eigenvalue weighted by molar-refractivity contribution is 7.99. The lowest BCUT2D eigenvalue weighted by molar-refractivity contribution is -0.113. The zero-order chi connectivity index (χ0) is 17.8. The number of hydrogen-bond donors (Lipinski definition) is 1. The normalized spacial score (nSPS) is 10.8. The summed E-state index contributed by atoms with van der Waals surface area (Å²) in [6, 6.07) is 7.13. The molecule has 6 nitrogen and oxygen atoms in total. The van der Waals surface area contributed by atoms with E-state index in [1.165, 1.54) is 33.6 Å². The third kappa shape index (κ3) is 4.21. The topological polar surface area (TPSA) is 72.7 Å². The maximum Gasteiger partial charge on any atom is 0.258 e. The van der Waals surface area contributed by atoms with Crippen molar-refractivity contribution in [2.45, 2.75) is 12.7 Å². The van der Waals surface area contributed by atoms with Gasteiger partial charge in [0.2, 0.25) is 5.91 Å². The SMILES string of the molecule is COc1ccc(C)cc1NC(=O)CSCc1cc(=O)n2ccsc2n1. The Morgan fingerprint density at radius 2 is 2.24 bits per heavy atom. The zero-order valence-electron chi connectivity index (χ0n) is 13.8. The Hall–Kier alpha value is -2.32. The first-order valence-electron chi connectivity index (χ1n) is 7.55. The van der Waals surface area contributed by atoms with E-state index in [0.29, 0.717) is 27.8 Å². The van der Waals surface area contributed by atoms with Crippen molar-refractivity contribution in [3.8, 4) is 5.75 Å². The van der Waals surface area contributed by atoms with Crippen molar-refractivity contribution < 1.29 is 9.53 Å². The minimum Gasteiger partial charge on any atom is -0.495 e. The molecule has 0 fully saturated rings. The van der Waals surface area contributed by atoms with E-state index in [4.69, 9.17) is 4.74 Å². The molecule has 1 amide bonds. The predicted octanol–water partition coefficient (Wildman–Crippen LogP) is 2.94. The molecule has 8 heteroatoms. The average Bonchev–Trinajstić information content (AvgIpc) is 3.04. The standard InChI is InChI=1S/C17H17N3O3S2/c1-11-3-4-14(23-2)13(7-11)19-15(21)10-24-9-12-8-16(22)20-5-6-25-17(20)18-12/h3-8H,9-10H2,1-2H3,(H,19,21). The molecular weight excluding hydrogens is 358 g/mol. The van der Waals surface area contributed by atoms with Crippen molar-refractivity contribution in [3.05, 3.63) is 57.5 Å². The molecule has 2 aromatic heterocycles. The molecule has 2 heterocycles. The van der Waals surface area contributed by atoms with Crippen LogP contribution in [-0.2, 0) is 10.5 Å². The Morgan fingerprint density at radius 1 is 1.40 bits per heavy atom. The number of hydrogen-bond acceptors (Lipinski definition) is 6. The van der Waals surface area contributed by atoms with Crippen molar-refractivity contribution in [1.82, 2.24) is 9.38 Å². The smallest absolute Gasteiger partial charge is 0.258 e. The number of thioether (sulfide) groups is 1. The Labute approximate surface area is 152 Å². The second-order valence-corrected chi connectivity index (χ2v) is 7.24. The molecule has 130 valence electrons. The summed E-state index contributed by atoms with van der Waals surface area (Å²) in [5.74, 6) is 1.27. The molecule has 1 N–H and O–H groups in total. The Morgan fingerprint density at radius 3 is 3.04 bits per heavy atom. The summed E-state index contributed by atoms with van der Waals surface area (Å²) < 4.78 is 6.76. The van der Waals surface area contributed by atoms with Crippen LogP contribution < -0.4 is 15.6 Å². The van der Waals surface area contributed by atoms with Crippen molar-refractivity contribution in [1.29, 1.82) is 0 Å². The van der Waals surface area contributed by atoms with Gasteiger partial charge in [0.15, 0.2) is 4.96 Å². The first-order chi connectivity index (χ1) is 12.1. The number of methoxy groups -OCH3 is 1. The van der Waals surface area contributed by atoms with Crippen LogP contribution in [0.1, 0.15) is 11.3 Å². The molecule has 1 aromatic carbocycles. The van der Waals surface area contributed by atoms with Gasteiger partial charge in [0.05, 0.1) is 24.2 Å². The monoisotopic (exact) mass is 375 g/mol. The summed E-state index contributed by atoms with van der Waals surface area (Å²) in [5.41, 5.74) is 2.27. The van der Waals surface area contributed by atoms with Crippen LogP contribution in [0.15, 0.2) is 40.6 Å². The highest BCUT2D eigenvalue weighted by Gasteiger charge is 2.09. The molecule has 0 bridgehead atoms. The molecule has 0 aliphatic rings. The number of fused-ring (bicyclic) bond motifs is 1. The molecule has 0 aliphatic heterocycles. The lowest BCUT2D eigenvalue weighted by Crippen LogP contribution is -2.16. The molecule has 0 atom stereocenters. The summed E-state index contributed by atoms with van der Waals surface area (Å²) in [6.45, 7) is 1.95. The fourth-order valence-corrected chi connectivity index (χ4v) is 3.77. The number of thiazole rings is 1. The highest BCUT2D eigenvalue weighted by atomic mass is 32.2. The summed E-state index contributed by atoms with van der Waals surface area (Å²) in [7, 11) is 1.57. The summed E-state index contributed by atoms with van der Waals surface area (Å²) >= 11 is 2.82. The largest absolute Gasteiger partial charge is 0.495 e. The van der Waals surface area contributed by atoms with Gasteiger partial charge in [-0.3, -0.25) is 14.0 Å². The summed E-state index contributed by atoms with van der Waals surface area (Å²) in [5, 5.41) is 4.68. The fourth-order valence-electron chi connectivity index (χ4n) is 2.32. The molecule has 0 aliphatic carbocycles. The van der Waals surface area contributed by atoms with E-state index in [-0.39, 0.29) is 17.2 Å². The molecule has 0 spiro atoms. The van der Waals surface area contributed by atoms with Crippen molar-refractivity contribution >= 4 is 39.7 Å². The van der Waals surface area contributed by atoms with Gasteiger partial charge in [-0.25, -0.2) is 4.98 Å². The minimum atomic E-state index is -0.122. The lowest BCUT2D eigenvalue weighted by atomic mass is 10.2. The van der Waals surface area contributed by atoms with E-state index in [9.17, 15) is 9.59 Å². The Balaban J connectivity index is 1.59. The summed E-state index contributed by atoms with van der Waals surface area (Å²) in [6.07, 6.45) is 1.70. The van der Waals surface area contributed by atoms with Crippen molar-refractivity contribution in [2.75, 3.05) is 18.2 Å². The van der Waals surface area contributed by atoms with Crippen LogP contribution in [0, 0.1) is 6.92 Å². The zero-order valence-corrected chi connectivity index (χ0v) is 15.4. The van der Waals surface area contributed by atoms with Gasteiger partial charge < -0.3 is 10.1 Å². The van der Waals surface area contributed by atoms with Gasteiger partial charge in [0.25, 0.3) is 5.56 Å². The van der Waals surface area contributed by atoms with Crippen LogP contribution in [-0.4, -0.2) is 28.2 Å². The quantitative estimate of drug-likeness (QED) is 0.717. The van der Waals surface area contributed by atoms with Gasteiger partial charge in [-0.15, -0.1) is 23.1 Å². The lowest BCUT2D eigenvalue weighted by Gasteiger charge is -2.10. The number of anilines is 1.